The Bertz CT molecular complexity index is 836. The van der Waals surface area contributed by atoms with Crippen molar-refractivity contribution in [3.8, 4) is 0 Å². The maximum absolute atomic E-state index is 12.5. The van der Waals surface area contributed by atoms with E-state index in [0.717, 1.165) is 32.5 Å². The first-order valence-corrected chi connectivity index (χ1v) is 10.9. The lowest BCUT2D eigenvalue weighted by atomic mass is 9.97. The summed E-state index contributed by atoms with van der Waals surface area (Å²) in [4.78, 5) is 2.45. The molecule has 1 fully saturated rings. The highest BCUT2D eigenvalue weighted by Crippen LogP contribution is 2.25. The molecule has 4 nitrogen and oxygen atoms in total. The van der Waals surface area contributed by atoms with Crippen LogP contribution in [-0.2, 0) is 16.6 Å². The first-order chi connectivity index (χ1) is 12.4. The fourth-order valence-corrected chi connectivity index (χ4v) is 5.06. The predicted molar refractivity (Wildman–Crippen MR) is 106 cm³/mol. The van der Waals surface area contributed by atoms with Crippen molar-refractivity contribution < 1.29 is 8.42 Å². The highest BCUT2D eigenvalue weighted by atomic mass is 35.5. The summed E-state index contributed by atoms with van der Waals surface area (Å²) in [6.45, 7) is 3.31. The zero-order valence-corrected chi connectivity index (χ0v) is 16.7. The molecule has 0 atom stereocenters. The number of nitrogens with zero attached hydrogens (tertiary/aromatic N) is 1. The van der Waals surface area contributed by atoms with Crippen LogP contribution in [0.25, 0.3) is 0 Å². The molecule has 0 amide bonds. The molecule has 2 aromatic rings. The lowest BCUT2D eigenvalue weighted by molar-refractivity contribution is 0.178. The van der Waals surface area contributed by atoms with Gasteiger partial charge in [0.1, 0.15) is 4.90 Å². The molecule has 2 aromatic carbocycles. The Morgan fingerprint density at radius 2 is 1.73 bits per heavy atom. The summed E-state index contributed by atoms with van der Waals surface area (Å²) in [5, 5.41) is 0.531. The van der Waals surface area contributed by atoms with E-state index < -0.39 is 10.0 Å². The van der Waals surface area contributed by atoms with Crippen molar-refractivity contribution in [2.75, 3.05) is 19.6 Å². The van der Waals surface area contributed by atoms with Gasteiger partial charge in [0.05, 0.1) is 5.02 Å². The quantitative estimate of drug-likeness (QED) is 0.773. The summed E-state index contributed by atoms with van der Waals surface area (Å²) in [7, 11) is -3.65. The summed E-state index contributed by atoms with van der Waals surface area (Å²) in [5.41, 5.74) is 1.31. The zero-order chi connectivity index (χ0) is 18.6. The van der Waals surface area contributed by atoms with E-state index in [-0.39, 0.29) is 9.92 Å². The highest BCUT2D eigenvalue weighted by molar-refractivity contribution is 7.89. The van der Waals surface area contributed by atoms with Gasteiger partial charge in [-0.05, 0) is 55.6 Å². The molecule has 0 radical (unpaired) electrons. The zero-order valence-electron chi connectivity index (χ0n) is 14.4. The molecule has 0 aromatic heterocycles. The molecular formula is C19H22Cl2N2O2S. The molecule has 0 spiro atoms. The Balaban J connectivity index is 1.51. The van der Waals surface area contributed by atoms with Crippen LogP contribution in [0.15, 0.2) is 53.4 Å². The topological polar surface area (TPSA) is 49.4 Å². The Hall–Kier alpha value is -1.11. The lowest BCUT2D eigenvalue weighted by Crippen LogP contribution is -2.38. The van der Waals surface area contributed by atoms with E-state index in [2.05, 4.69) is 33.9 Å². The minimum atomic E-state index is -3.65. The standard InChI is InChI=1S/C19H22Cl2N2O2S/c20-17-6-7-18(21)19(12-17)26(24,25)22-13-15-8-10-23(11-9-15)14-16-4-2-1-3-5-16/h1-7,12,15,22H,8-11,13-14H2. The molecular weight excluding hydrogens is 391 g/mol. The number of rotatable bonds is 6. The first kappa shape index (κ1) is 19.6. The van der Waals surface area contributed by atoms with Gasteiger partial charge in [0, 0.05) is 18.1 Å². The molecule has 1 heterocycles. The van der Waals surface area contributed by atoms with Crippen molar-refractivity contribution in [1.82, 2.24) is 9.62 Å². The average Bonchev–Trinajstić information content (AvgIpc) is 2.64. The number of sulfonamides is 1. The van der Waals surface area contributed by atoms with Crippen molar-refractivity contribution in [2.45, 2.75) is 24.3 Å². The van der Waals surface area contributed by atoms with Crippen LogP contribution in [0.2, 0.25) is 10.0 Å². The van der Waals surface area contributed by atoms with Gasteiger partial charge < -0.3 is 0 Å². The van der Waals surface area contributed by atoms with Crippen LogP contribution in [0.5, 0.6) is 0 Å². The van der Waals surface area contributed by atoms with E-state index in [4.69, 9.17) is 23.2 Å². The van der Waals surface area contributed by atoms with Crippen LogP contribution in [-0.4, -0.2) is 33.0 Å². The SMILES string of the molecule is O=S(=O)(NCC1CCN(Cc2ccccc2)CC1)c1cc(Cl)ccc1Cl. The Labute approximate surface area is 165 Å². The average molecular weight is 413 g/mol. The molecule has 1 aliphatic rings. The summed E-state index contributed by atoms with van der Waals surface area (Å²) in [6, 6.07) is 14.9. The van der Waals surface area contributed by atoms with Gasteiger partial charge >= 0.3 is 0 Å². The molecule has 1 saturated heterocycles. The van der Waals surface area contributed by atoms with Crippen LogP contribution >= 0.6 is 23.2 Å². The largest absolute Gasteiger partial charge is 0.299 e. The summed E-state index contributed by atoms with van der Waals surface area (Å²) in [6.07, 6.45) is 1.94. The van der Waals surface area contributed by atoms with Gasteiger partial charge in [0.25, 0.3) is 0 Å². The van der Waals surface area contributed by atoms with Gasteiger partial charge in [-0.2, -0.15) is 0 Å². The Morgan fingerprint density at radius 3 is 2.42 bits per heavy atom. The van der Waals surface area contributed by atoms with Crippen LogP contribution in [0.3, 0.4) is 0 Å². The van der Waals surface area contributed by atoms with Crippen molar-refractivity contribution >= 4 is 33.2 Å². The van der Waals surface area contributed by atoms with E-state index in [1.54, 1.807) is 6.07 Å². The fraction of sp³-hybridized carbons (Fsp3) is 0.368. The normalized spacial score (nSPS) is 16.7. The number of halogens is 2. The minimum Gasteiger partial charge on any atom is -0.299 e. The molecule has 26 heavy (non-hydrogen) atoms. The van der Waals surface area contributed by atoms with Crippen molar-refractivity contribution in [3.63, 3.8) is 0 Å². The highest BCUT2D eigenvalue weighted by Gasteiger charge is 2.23. The maximum atomic E-state index is 12.5. The number of benzene rings is 2. The van der Waals surface area contributed by atoms with Crippen molar-refractivity contribution in [1.29, 1.82) is 0 Å². The van der Waals surface area contributed by atoms with E-state index in [1.807, 2.05) is 6.07 Å². The molecule has 0 bridgehead atoms. The molecule has 3 rings (SSSR count). The van der Waals surface area contributed by atoms with Gasteiger partial charge in [0.2, 0.25) is 10.0 Å². The maximum Gasteiger partial charge on any atom is 0.242 e. The van der Waals surface area contributed by atoms with E-state index >= 15 is 0 Å². The third-order valence-corrected chi connectivity index (χ3v) is 6.84. The van der Waals surface area contributed by atoms with Gasteiger partial charge in [-0.15, -0.1) is 0 Å². The second kappa shape index (κ2) is 8.72. The second-order valence-electron chi connectivity index (χ2n) is 6.63. The fourth-order valence-electron chi connectivity index (χ4n) is 3.18. The number of hydrogen-bond acceptors (Lipinski definition) is 3. The molecule has 1 N–H and O–H groups in total. The molecule has 0 aliphatic carbocycles. The molecule has 7 heteroatoms. The molecule has 0 unspecified atom stereocenters. The van der Waals surface area contributed by atoms with Crippen molar-refractivity contribution in [3.05, 3.63) is 64.1 Å². The van der Waals surface area contributed by atoms with Crippen LogP contribution in [0, 0.1) is 5.92 Å². The summed E-state index contributed by atoms with van der Waals surface area (Å²) >= 11 is 11.9. The third kappa shape index (κ3) is 5.21. The third-order valence-electron chi connectivity index (χ3n) is 4.70. The van der Waals surface area contributed by atoms with E-state index in [0.29, 0.717) is 17.5 Å². The van der Waals surface area contributed by atoms with Crippen molar-refractivity contribution in [2.24, 2.45) is 5.92 Å². The van der Waals surface area contributed by atoms with Gasteiger partial charge in [0.15, 0.2) is 0 Å². The van der Waals surface area contributed by atoms with Crippen LogP contribution in [0.1, 0.15) is 18.4 Å². The van der Waals surface area contributed by atoms with Gasteiger partial charge in [-0.1, -0.05) is 53.5 Å². The summed E-state index contributed by atoms with van der Waals surface area (Å²) in [5.74, 6) is 0.328. The molecule has 140 valence electrons. The van der Waals surface area contributed by atoms with E-state index in [9.17, 15) is 8.42 Å². The lowest BCUT2D eigenvalue weighted by Gasteiger charge is -2.32. The Morgan fingerprint density at radius 1 is 1.04 bits per heavy atom. The Kier molecular flexibility index (Phi) is 6.59. The number of nitrogens with one attached hydrogen (secondary N) is 1. The first-order valence-electron chi connectivity index (χ1n) is 8.65. The van der Waals surface area contributed by atoms with Gasteiger partial charge in [-0.3, -0.25) is 4.90 Å². The minimum absolute atomic E-state index is 0.0354. The molecule has 1 aliphatic heterocycles. The number of piperidine rings is 1. The predicted octanol–water partition coefficient (Wildman–Crippen LogP) is 4.18. The molecule has 0 saturated carbocycles. The number of hydrogen-bond donors (Lipinski definition) is 1. The second-order valence-corrected chi connectivity index (χ2v) is 9.21. The van der Waals surface area contributed by atoms with E-state index in [1.165, 1.54) is 17.7 Å². The monoisotopic (exact) mass is 412 g/mol. The summed E-state index contributed by atoms with van der Waals surface area (Å²) < 4.78 is 27.7. The van der Waals surface area contributed by atoms with Crippen LogP contribution in [0.4, 0.5) is 0 Å². The number of likely N-dealkylation sites (tertiary alicyclic amines) is 1. The van der Waals surface area contributed by atoms with Crippen LogP contribution < -0.4 is 4.72 Å². The van der Waals surface area contributed by atoms with Gasteiger partial charge in [-0.25, -0.2) is 13.1 Å². The smallest absolute Gasteiger partial charge is 0.242 e.